The van der Waals surface area contributed by atoms with Crippen LogP contribution in [-0.2, 0) is 11.3 Å². The van der Waals surface area contributed by atoms with Crippen LogP contribution < -0.4 is 4.74 Å². The van der Waals surface area contributed by atoms with Crippen molar-refractivity contribution in [3.8, 4) is 5.75 Å². The van der Waals surface area contributed by atoms with E-state index in [1.54, 1.807) is 14.2 Å². The lowest BCUT2D eigenvalue weighted by molar-refractivity contribution is 0.213. The first-order valence-corrected chi connectivity index (χ1v) is 4.62. The van der Waals surface area contributed by atoms with Crippen LogP contribution in [0.25, 0.3) is 0 Å². The Labute approximate surface area is 83.3 Å². The molecule has 0 saturated heterocycles. The molecule has 0 bridgehead atoms. The van der Waals surface area contributed by atoms with E-state index in [1.165, 1.54) is 11.1 Å². The van der Waals surface area contributed by atoms with Crippen LogP contribution in [0.15, 0.2) is 23.4 Å². The van der Waals surface area contributed by atoms with Crippen LogP contribution in [0.3, 0.4) is 0 Å². The van der Waals surface area contributed by atoms with E-state index in [1.807, 2.05) is 12.1 Å². The second kappa shape index (κ2) is 3.70. The van der Waals surface area contributed by atoms with Crippen molar-refractivity contribution in [1.82, 2.24) is 0 Å². The lowest BCUT2D eigenvalue weighted by atomic mass is 10.1. The van der Waals surface area contributed by atoms with Gasteiger partial charge < -0.3 is 9.57 Å². The van der Waals surface area contributed by atoms with E-state index >= 15 is 0 Å². The number of methoxy groups -OCH3 is 1. The molecule has 1 aromatic carbocycles. The van der Waals surface area contributed by atoms with Crippen LogP contribution in [-0.4, -0.2) is 19.9 Å². The van der Waals surface area contributed by atoms with Crippen molar-refractivity contribution in [2.24, 2.45) is 5.16 Å². The van der Waals surface area contributed by atoms with Crippen molar-refractivity contribution in [2.75, 3.05) is 14.2 Å². The molecule has 1 aromatic rings. The number of nitrogens with zero attached hydrogens (tertiary/aromatic N) is 1. The molecular formula is C11H13NO2. The minimum Gasteiger partial charge on any atom is -0.497 e. The zero-order valence-corrected chi connectivity index (χ0v) is 8.41. The van der Waals surface area contributed by atoms with E-state index in [0.29, 0.717) is 0 Å². The summed E-state index contributed by atoms with van der Waals surface area (Å²) in [5.41, 5.74) is 3.51. The predicted octanol–water partition coefficient (Wildman–Crippen LogP) is 1.99. The van der Waals surface area contributed by atoms with Gasteiger partial charge in [0.2, 0.25) is 0 Å². The smallest absolute Gasteiger partial charge is 0.119 e. The normalized spacial score (nSPS) is 16.9. The van der Waals surface area contributed by atoms with E-state index in [9.17, 15) is 0 Å². The molecule has 0 saturated carbocycles. The summed E-state index contributed by atoms with van der Waals surface area (Å²) in [4.78, 5) is 4.80. The van der Waals surface area contributed by atoms with E-state index in [0.717, 1.165) is 24.3 Å². The standard InChI is InChI=1S/C11H13NO2/c1-13-9-4-5-10-8(7-9)3-6-11(10)12-14-2/h4-5,7H,3,6H2,1-2H3/b12-11+. The third-order valence-electron chi connectivity index (χ3n) is 2.46. The maximum absolute atomic E-state index is 5.16. The van der Waals surface area contributed by atoms with Crippen LogP contribution in [0.5, 0.6) is 5.75 Å². The summed E-state index contributed by atoms with van der Waals surface area (Å²) in [6, 6.07) is 6.06. The molecule has 3 nitrogen and oxygen atoms in total. The van der Waals surface area contributed by atoms with Crippen LogP contribution in [0.1, 0.15) is 17.5 Å². The molecule has 1 aliphatic rings. The summed E-state index contributed by atoms with van der Waals surface area (Å²) < 4.78 is 5.16. The van der Waals surface area contributed by atoms with Crippen molar-refractivity contribution in [3.63, 3.8) is 0 Å². The maximum Gasteiger partial charge on any atom is 0.119 e. The summed E-state index contributed by atoms with van der Waals surface area (Å²) in [7, 11) is 3.26. The molecule has 0 radical (unpaired) electrons. The first-order valence-electron chi connectivity index (χ1n) is 4.62. The Hall–Kier alpha value is -1.51. The molecule has 2 rings (SSSR count). The van der Waals surface area contributed by atoms with Crippen molar-refractivity contribution in [2.45, 2.75) is 12.8 Å². The maximum atomic E-state index is 5.16. The highest BCUT2D eigenvalue weighted by molar-refractivity contribution is 6.04. The zero-order valence-electron chi connectivity index (χ0n) is 8.41. The van der Waals surface area contributed by atoms with Gasteiger partial charge in [-0.15, -0.1) is 0 Å². The van der Waals surface area contributed by atoms with Crippen molar-refractivity contribution in [3.05, 3.63) is 29.3 Å². The quantitative estimate of drug-likeness (QED) is 0.669. The summed E-state index contributed by atoms with van der Waals surface area (Å²) in [6.07, 6.45) is 1.98. The fourth-order valence-corrected chi connectivity index (χ4v) is 1.78. The number of hydrogen-bond donors (Lipinski definition) is 0. The molecule has 0 heterocycles. The van der Waals surface area contributed by atoms with Crippen molar-refractivity contribution < 1.29 is 9.57 Å². The molecular weight excluding hydrogens is 178 g/mol. The van der Waals surface area contributed by atoms with Crippen LogP contribution in [0.2, 0.25) is 0 Å². The first kappa shape index (κ1) is 9.06. The van der Waals surface area contributed by atoms with E-state index in [2.05, 4.69) is 11.2 Å². The Morgan fingerprint density at radius 3 is 2.79 bits per heavy atom. The van der Waals surface area contributed by atoms with Gasteiger partial charge in [0.15, 0.2) is 0 Å². The second-order valence-corrected chi connectivity index (χ2v) is 3.24. The van der Waals surface area contributed by atoms with Gasteiger partial charge in [-0.3, -0.25) is 0 Å². The van der Waals surface area contributed by atoms with E-state index < -0.39 is 0 Å². The Morgan fingerprint density at radius 1 is 1.21 bits per heavy atom. The minimum absolute atomic E-state index is 0.905. The number of aryl methyl sites for hydroxylation is 1. The topological polar surface area (TPSA) is 30.8 Å². The van der Waals surface area contributed by atoms with Gasteiger partial charge in [-0.25, -0.2) is 0 Å². The van der Waals surface area contributed by atoms with Gasteiger partial charge in [0.1, 0.15) is 12.9 Å². The molecule has 74 valence electrons. The van der Waals surface area contributed by atoms with Gasteiger partial charge in [0.25, 0.3) is 0 Å². The Balaban J connectivity index is 2.38. The molecule has 0 spiro atoms. The Morgan fingerprint density at radius 2 is 2.07 bits per heavy atom. The number of oxime groups is 1. The predicted molar refractivity (Wildman–Crippen MR) is 54.9 cm³/mol. The number of ether oxygens (including phenoxy) is 1. The summed E-state index contributed by atoms with van der Waals surface area (Å²) >= 11 is 0. The largest absolute Gasteiger partial charge is 0.497 e. The van der Waals surface area contributed by atoms with Gasteiger partial charge in [-0.2, -0.15) is 0 Å². The fraction of sp³-hybridized carbons (Fsp3) is 0.364. The lowest BCUT2D eigenvalue weighted by Gasteiger charge is -2.03. The average molecular weight is 191 g/mol. The van der Waals surface area contributed by atoms with Gasteiger partial charge in [-0.1, -0.05) is 5.16 Å². The SMILES string of the molecule is CO/N=C1\CCc2cc(OC)ccc21. The molecule has 0 unspecified atom stereocenters. The van der Waals surface area contributed by atoms with Crippen LogP contribution >= 0.6 is 0 Å². The number of fused-ring (bicyclic) bond motifs is 1. The molecule has 0 aromatic heterocycles. The van der Waals surface area contributed by atoms with Crippen molar-refractivity contribution >= 4 is 5.71 Å². The molecule has 0 atom stereocenters. The van der Waals surface area contributed by atoms with Gasteiger partial charge in [0.05, 0.1) is 12.8 Å². The second-order valence-electron chi connectivity index (χ2n) is 3.24. The number of benzene rings is 1. The average Bonchev–Trinajstić information content (AvgIpc) is 2.61. The van der Waals surface area contributed by atoms with Crippen LogP contribution in [0.4, 0.5) is 0 Å². The minimum atomic E-state index is 0.905. The zero-order chi connectivity index (χ0) is 9.97. The van der Waals surface area contributed by atoms with E-state index in [4.69, 9.17) is 9.57 Å². The highest BCUT2D eigenvalue weighted by atomic mass is 16.6. The monoisotopic (exact) mass is 191 g/mol. The summed E-state index contributed by atoms with van der Waals surface area (Å²) in [6.45, 7) is 0. The number of hydrogen-bond acceptors (Lipinski definition) is 3. The summed E-state index contributed by atoms with van der Waals surface area (Å²) in [5, 5.41) is 4.00. The third-order valence-corrected chi connectivity index (χ3v) is 2.46. The molecule has 1 aliphatic carbocycles. The Bertz CT molecular complexity index is 372. The number of rotatable bonds is 2. The van der Waals surface area contributed by atoms with E-state index in [-0.39, 0.29) is 0 Å². The molecule has 0 fully saturated rings. The van der Waals surface area contributed by atoms with Crippen molar-refractivity contribution in [1.29, 1.82) is 0 Å². The van der Waals surface area contributed by atoms with Gasteiger partial charge >= 0.3 is 0 Å². The summed E-state index contributed by atoms with van der Waals surface area (Å²) in [5.74, 6) is 0.905. The highest BCUT2D eigenvalue weighted by Crippen LogP contribution is 2.26. The molecule has 0 N–H and O–H groups in total. The van der Waals surface area contributed by atoms with Gasteiger partial charge in [-0.05, 0) is 36.6 Å². The molecule has 3 heteroatoms. The molecule has 0 aliphatic heterocycles. The first-order chi connectivity index (χ1) is 6.85. The molecule has 14 heavy (non-hydrogen) atoms. The Kier molecular flexibility index (Phi) is 2.39. The lowest BCUT2D eigenvalue weighted by Crippen LogP contribution is -1.95. The third kappa shape index (κ3) is 1.45. The fourth-order valence-electron chi connectivity index (χ4n) is 1.78. The highest BCUT2D eigenvalue weighted by Gasteiger charge is 2.18. The van der Waals surface area contributed by atoms with Crippen LogP contribution in [0, 0.1) is 0 Å². The van der Waals surface area contributed by atoms with Gasteiger partial charge in [0, 0.05) is 5.56 Å². The molecule has 0 amide bonds.